The van der Waals surface area contributed by atoms with Crippen molar-refractivity contribution in [2.45, 2.75) is 10.6 Å². The maximum atomic E-state index is 14.2. The summed E-state index contributed by atoms with van der Waals surface area (Å²) in [5.41, 5.74) is 0.478. The molecule has 4 aromatic rings. The van der Waals surface area contributed by atoms with Gasteiger partial charge in [-0.2, -0.15) is 0 Å². The molecule has 0 saturated heterocycles. The first-order valence-corrected chi connectivity index (χ1v) is 11.1. The molecule has 0 aliphatic heterocycles. The average molecular weight is 493 g/mol. The molecule has 0 saturated carbocycles. The fraction of sp³-hybridized carbons (Fsp3) is 0.100. The number of pyridine rings is 1. The molecule has 2 heterocycles. The van der Waals surface area contributed by atoms with Gasteiger partial charge in [0.05, 0.1) is 33.4 Å². The Balaban J connectivity index is 1.89. The first kappa shape index (κ1) is 20.3. The Morgan fingerprint density at radius 2 is 1.97 bits per heavy atom. The molecule has 0 radical (unpaired) electrons. The van der Waals surface area contributed by atoms with Crippen molar-refractivity contribution in [2.75, 3.05) is 7.11 Å². The molecular formula is C20H14BrFN2O5S. The fourth-order valence-electron chi connectivity index (χ4n) is 3.11. The second-order valence-electron chi connectivity index (χ2n) is 6.42. The van der Waals surface area contributed by atoms with Crippen molar-refractivity contribution in [3.05, 3.63) is 81.1 Å². The van der Waals surface area contributed by atoms with Gasteiger partial charge in [0.2, 0.25) is 0 Å². The molecule has 30 heavy (non-hydrogen) atoms. The van der Waals surface area contributed by atoms with Crippen LogP contribution in [-0.4, -0.2) is 25.3 Å². The highest BCUT2D eigenvalue weighted by Gasteiger charge is 2.19. The lowest BCUT2D eigenvalue weighted by Gasteiger charge is -2.15. The zero-order valence-corrected chi connectivity index (χ0v) is 17.9. The molecule has 0 aliphatic carbocycles. The zero-order chi connectivity index (χ0) is 21.5. The van der Waals surface area contributed by atoms with Crippen molar-refractivity contribution in [1.82, 2.24) is 9.72 Å². The number of aromatic nitrogens is 2. The Kier molecular flexibility index (Phi) is 5.20. The van der Waals surface area contributed by atoms with E-state index in [0.29, 0.717) is 10.9 Å². The van der Waals surface area contributed by atoms with E-state index in [2.05, 4.69) is 25.6 Å². The van der Waals surface area contributed by atoms with Crippen LogP contribution in [0.3, 0.4) is 0 Å². The highest BCUT2D eigenvalue weighted by atomic mass is 79.9. The number of methoxy groups -OCH3 is 1. The van der Waals surface area contributed by atoms with Gasteiger partial charge in [-0.25, -0.2) is 12.8 Å². The molecule has 10 heteroatoms. The molecule has 0 fully saturated rings. The van der Waals surface area contributed by atoms with Gasteiger partial charge in [-0.1, -0.05) is 5.16 Å². The van der Waals surface area contributed by atoms with Crippen LogP contribution in [0.4, 0.5) is 4.39 Å². The minimum absolute atomic E-state index is 0.0668. The Bertz CT molecular complexity index is 1420. The van der Waals surface area contributed by atoms with E-state index in [1.54, 1.807) is 0 Å². The van der Waals surface area contributed by atoms with Crippen LogP contribution in [0.2, 0.25) is 0 Å². The fourth-order valence-corrected chi connectivity index (χ4v) is 4.72. The Hall–Kier alpha value is -2.98. The third kappa shape index (κ3) is 3.63. The Morgan fingerprint density at radius 3 is 2.67 bits per heavy atom. The van der Waals surface area contributed by atoms with Crippen molar-refractivity contribution in [3.8, 4) is 11.4 Å². The van der Waals surface area contributed by atoms with E-state index in [1.165, 1.54) is 66.5 Å². The van der Waals surface area contributed by atoms with Crippen molar-refractivity contribution < 1.29 is 22.1 Å². The molecule has 0 amide bonds. The molecule has 0 atom stereocenters. The minimum Gasteiger partial charge on any atom is -0.495 e. The Labute approximate surface area is 178 Å². The molecular weight excluding hydrogens is 479 g/mol. The molecule has 7 nitrogen and oxygen atoms in total. The van der Waals surface area contributed by atoms with Gasteiger partial charge in [0.25, 0.3) is 5.56 Å². The zero-order valence-electron chi connectivity index (χ0n) is 15.5. The molecule has 0 N–H and O–H groups in total. The van der Waals surface area contributed by atoms with Gasteiger partial charge in [0, 0.05) is 23.6 Å². The van der Waals surface area contributed by atoms with Gasteiger partial charge in [-0.3, -0.25) is 9.36 Å². The lowest BCUT2D eigenvalue weighted by Crippen LogP contribution is -2.18. The van der Waals surface area contributed by atoms with Gasteiger partial charge in [-0.15, -0.1) is 0 Å². The highest BCUT2D eigenvalue weighted by molar-refractivity contribution is 9.10. The monoisotopic (exact) mass is 492 g/mol. The standard InChI is InChI=1S/C20H14BrFN2O5S/c1-28-19-9-15(21)16(22)10-18(19)24-17-4-3-14(8-12(17)2-5-20(24)25)30(26,27)11-13-6-7-29-23-13/h2-10H,11H2,1H3. The molecule has 0 aliphatic rings. The van der Waals surface area contributed by atoms with Crippen molar-refractivity contribution >= 4 is 36.7 Å². The summed E-state index contributed by atoms with van der Waals surface area (Å²) in [5, 5.41) is 4.12. The number of halogens is 2. The van der Waals surface area contributed by atoms with E-state index in [-0.39, 0.29) is 32.3 Å². The van der Waals surface area contributed by atoms with E-state index in [9.17, 15) is 17.6 Å². The third-order valence-electron chi connectivity index (χ3n) is 4.52. The van der Waals surface area contributed by atoms with Crippen molar-refractivity contribution in [1.29, 1.82) is 0 Å². The van der Waals surface area contributed by atoms with Crippen LogP contribution in [0.1, 0.15) is 5.69 Å². The van der Waals surface area contributed by atoms with Crippen LogP contribution >= 0.6 is 15.9 Å². The molecule has 2 aromatic carbocycles. The third-order valence-corrected chi connectivity index (χ3v) is 6.77. The Morgan fingerprint density at radius 1 is 1.17 bits per heavy atom. The second kappa shape index (κ2) is 7.69. The predicted octanol–water partition coefficient (Wildman–Crippen LogP) is 3.86. The van der Waals surface area contributed by atoms with E-state index >= 15 is 0 Å². The number of sulfone groups is 1. The van der Waals surface area contributed by atoms with Crippen molar-refractivity contribution in [3.63, 3.8) is 0 Å². The average Bonchev–Trinajstić information content (AvgIpc) is 3.21. The maximum Gasteiger partial charge on any atom is 0.255 e. The number of hydrogen-bond donors (Lipinski definition) is 0. The molecule has 0 spiro atoms. The molecule has 154 valence electrons. The number of fused-ring (bicyclic) bond motifs is 1. The maximum absolute atomic E-state index is 14.2. The quantitative estimate of drug-likeness (QED) is 0.420. The minimum atomic E-state index is -3.69. The number of benzene rings is 2. The second-order valence-corrected chi connectivity index (χ2v) is 9.26. The van der Waals surface area contributed by atoms with Crippen LogP contribution in [0.25, 0.3) is 16.6 Å². The molecule has 0 unspecified atom stereocenters. The van der Waals surface area contributed by atoms with Gasteiger partial charge < -0.3 is 9.26 Å². The van der Waals surface area contributed by atoms with Gasteiger partial charge >= 0.3 is 0 Å². The largest absolute Gasteiger partial charge is 0.495 e. The van der Waals surface area contributed by atoms with E-state index in [0.717, 1.165) is 0 Å². The number of rotatable bonds is 5. The van der Waals surface area contributed by atoms with Crippen LogP contribution in [0.15, 0.2) is 73.5 Å². The lowest BCUT2D eigenvalue weighted by atomic mass is 10.2. The molecule has 0 bridgehead atoms. The highest BCUT2D eigenvalue weighted by Crippen LogP contribution is 2.31. The van der Waals surface area contributed by atoms with E-state index in [1.807, 2.05) is 0 Å². The smallest absolute Gasteiger partial charge is 0.255 e. The normalized spacial score (nSPS) is 11.7. The number of ether oxygens (including phenoxy) is 1. The topological polar surface area (TPSA) is 91.4 Å². The summed E-state index contributed by atoms with van der Waals surface area (Å²) < 4.78 is 51.1. The first-order chi connectivity index (χ1) is 14.3. The van der Waals surface area contributed by atoms with Crippen molar-refractivity contribution in [2.24, 2.45) is 0 Å². The van der Waals surface area contributed by atoms with Gasteiger partial charge in [-0.05, 0) is 46.3 Å². The summed E-state index contributed by atoms with van der Waals surface area (Å²) in [4.78, 5) is 12.7. The van der Waals surface area contributed by atoms with Crippen LogP contribution in [0, 0.1) is 5.82 Å². The SMILES string of the molecule is COc1cc(Br)c(F)cc1-n1c(=O)ccc2cc(S(=O)(=O)Cc3ccon3)ccc21. The lowest BCUT2D eigenvalue weighted by molar-refractivity contribution is 0.411. The van der Waals surface area contributed by atoms with Gasteiger partial charge in [0.1, 0.15) is 23.6 Å². The molecule has 4 rings (SSSR count). The number of nitrogens with zero attached hydrogens (tertiary/aromatic N) is 2. The summed E-state index contributed by atoms with van der Waals surface area (Å²) in [6.45, 7) is 0. The first-order valence-electron chi connectivity index (χ1n) is 8.61. The summed E-state index contributed by atoms with van der Waals surface area (Å²) in [6, 6.07) is 11.3. The summed E-state index contributed by atoms with van der Waals surface area (Å²) in [6.07, 6.45) is 1.30. The summed E-state index contributed by atoms with van der Waals surface area (Å²) >= 11 is 3.10. The van der Waals surface area contributed by atoms with E-state index in [4.69, 9.17) is 4.74 Å². The van der Waals surface area contributed by atoms with Crippen LogP contribution in [-0.2, 0) is 15.6 Å². The molecule has 2 aromatic heterocycles. The number of hydrogen-bond acceptors (Lipinski definition) is 6. The van der Waals surface area contributed by atoms with Crippen LogP contribution < -0.4 is 10.3 Å². The van der Waals surface area contributed by atoms with E-state index < -0.39 is 21.2 Å². The van der Waals surface area contributed by atoms with Crippen LogP contribution in [0.5, 0.6) is 5.75 Å². The van der Waals surface area contributed by atoms with Gasteiger partial charge in [0.15, 0.2) is 9.84 Å². The predicted molar refractivity (Wildman–Crippen MR) is 111 cm³/mol. The summed E-state index contributed by atoms with van der Waals surface area (Å²) in [5.74, 6) is -0.609. The summed E-state index contributed by atoms with van der Waals surface area (Å²) in [7, 11) is -2.28.